The van der Waals surface area contributed by atoms with E-state index in [1.807, 2.05) is 68.4 Å². The zero-order valence-electron chi connectivity index (χ0n) is 12.5. The van der Waals surface area contributed by atoms with Gasteiger partial charge >= 0.3 is 0 Å². The number of rotatable bonds is 6. The summed E-state index contributed by atoms with van der Waals surface area (Å²) in [7, 11) is 0. The molecule has 3 nitrogen and oxygen atoms in total. The maximum absolute atomic E-state index is 11.8. The van der Waals surface area contributed by atoms with Gasteiger partial charge in [-0.25, -0.2) is 0 Å². The van der Waals surface area contributed by atoms with Crippen LogP contribution in [0.5, 0.6) is 5.75 Å². The van der Waals surface area contributed by atoms with Gasteiger partial charge in [0.25, 0.3) is 5.91 Å². The van der Waals surface area contributed by atoms with Crippen LogP contribution in [0.15, 0.2) is 54.6 Å². The SMILES string of the molecule is CC(C)NC(=O)c1ccc(CCOc2ccccc2)cc1. The standard InChI is InChI=1S/C18H21NO2/c1-14(2)19-18(20)16-10-8-15(9-11-16)12-13-21-17-6-4-3-5-7-17/h3-11,14H,12-13H2,1-2H3,(H,19,20). The second-order valence-corrected chi connectivity index (χ2v) is 5.24. The van der Waals surface area contributed by atoms with Gasteiger partial charge in [0, 0.05) is 18.0 Å². The van der Waals surface area contributed by atoms with E-state index in [1.165, 1.54) is 0 Å². The van der Waals surface area contributed by atoms with Crippen LogP contribution in [0.3, 0.4) is 0 Å². The van der Waals surface area contributed by atoms with E-state index < -0.39 is 0 Å². The summed E-state index contributed by atoms with van der Waals surface area (Å²) in [6.45, 7) is 4.53. The minimum Gasteiger partial charge on any atom is -0.493 e. The van der Waals surface area contributed by atoms with E-state index in [9.17, 15) is 4.79 Å². The van der Waals surface area contributed by atoms with E-state index in [0.717, 1.165) is 17.7 Å². The minimum absolute atomic E-state index is 0.0305. The lowest BCUT2D eigenvalue weighted by molar-refractivity contribution is 0.0943. The molecule has 1 N–H and O–H groups in total. The highest BCUT2D eigenvalue weighted by Crippen LogP contribution is 2.10. The van der Waals surface area contributed by atoms with Gasteiger partial charge in [-0.3, -0.25) is 4.79 Å². The van der Waals surface area contributed by atoms with Gasteiger partial charge in [0.2, 0.25) is 0 Å². The second kappa shape index (κ2) is 7.48. The van der Waals surface area contributed by atoms with E-state index in [4.69, 9.17) is 4.74 Å². The zero-order valence-corrected chi connectivity index (χ0v) is 12.5. The van der Waals surface area contributed by atoms with Crippen molar-refractivity contribution in [1.29, 1.82) is 0 Å². The maximum Gasteiger partial charge on any atom is 0.251 e. The lowest BCUT2D eigenvalue weighted by atomic mass is 10.1. The maximum atomic E-state index is 11.8. The fraction of sp³-hybridized carbons (Fsp3) is 0.278. The lowest BCUT2D eigenvalue weighted by Gasteiger charge is -2.09. The molecule has 0 aliphatic heterocycles. The van der Waals surface area contributed by atoms with Gasteiger partial charge in [0.05, 0.1) is 6.61 Å². The molecule has 110 valence electrons. The number of para-hydroxylation sites is 1. The molecule has 0 radical (unpaired) electrons. The van der Waals surface area contributed by atoms with Crippen molar-refractivity contribution < 1.29 is 9.53 Å². The third-order valence-corrected chi connectivity index (χ3v) is 3.04. The van der Waals surface area contributed by atoms with Crippen LogP contribution in [0.1, 0.15) is 29.8 Å². The molecule has 0 aliphatic carbocycles. The summed E-state index contributed by atoms with van der Waals surface area (Å²) in [5.41, 5.74) is 1.85. The third kappa shape index (κ3) is 4.95. The minimum atomic E-state index is -0.0305. The molecule has 0 saturated carbocycles. The van der Waals surface area contributed by atoms with Crippen molar-refractivity contribution in [2.75, 3.05) is 6.61 Å². The van der Waals surface area contributed by atoms with Crippen LogP contribution in [0, 0.1) is 0 Å². The number of carbonyl (C=O) groups excluding carboxylic acids is 1. The number of nitrogens with one attached hydrogen (secondary N) is 1. The highest BCUT2D eigenvalue weighted by atomic mass is 16.5. The Morgan fingerprint density at radius 3 is 2.33 bits per heavy atom. The van der Waals surface area contributed by atoms with Crippen molar-refractivity contribution in [3.05, 3.63) is 65.7 Å². The van der Waals surface area contributed by atoms with E-state index in [2.05, 4.69) is 5.32 Å². The van der Waals surface area contributed by atoms with Crippen molar-refractivity contribution in [3.8, 4) is 5.75 Å². The Balaban J connectivity index is 1.84. The fourth-order valence-electron chi connectivity index (χ4n) is 1.97. The van der Waals surface area contributed by atoms with Crippen LogP contribution < -0.4 is 10.1 Å². The normalized spacial score (nSPS) is 10.4. The molecule has 2 rings (SSSR count). The molecule has 0 bridgehead atoms. The molecule has 0 unspecified atom stereocenters. The Bertz CT molecular complexity index is 562. The molecule has 3 heteroatoms. The molecule has 0 aliphatic rings. The molecule has 0 aromatic heterocycles. The first-order chi connectivity index (χ1) is 10.1. The van der Waals surface area contributed by atoms with Crippen molar-refractivity contribution in [3.63, 3.8) is 0 Å². The first-order valence-electron chi connectivity index (χ1n) is 7.23. The Morgan fingerprint density at radius 1 is 1.05 bits per heavy atom. The lowest BCUT2D eigenvalue weighted by Crippen LogP contribution is -2.29. The van der Waals surface area contributed by atoms with Crippen LogP contribution in [0.4, 0.5) is 0 Å². The van der Waals surface area contributed by atoms with Crippen molar-refractivity contribution in [1.82, 2.24) is 5.32 Å². The first kappa shape index (κ1) is 15.1. The van der Waals surface area contributed by atoms with Gasteiger partial charge in [0.15, 0.2) is 0 Å². The molecule has 21 heavy (non-hydrogen) atoms. The van der Waals surface area contributed by atoms with Gasteiger partial charge in [-0.15, -0.1) is 0 Å². The summed E-state index contributed by atoms with van der Waals surface area (Å²) in [5, 5.41) is 2.88. The number of benzene rings is 2. The Labute approximate surface area is 126 Å². The molecule has 0 heterocycles. The van der Waals surface area contributed by atoms with Crippen LogP contribution in [-0.2, 0) is 6.42 Å². The number of ether oxygens (including phenoxy) is 1. The molecular weight excluding hydrogens is 262 g/mol. The highest BCUT2D eigenvalue weighted by molar-refractivity contribution is 5.94. The smallest absolute Gasteiger partial charge is 0.251 e. The molecule has 2 aromatic rings. The summed E-state index contributed by atoms with van der Waals surface area (Å²) >= 11 is 0. The van der Waals surface area contributed by atoms with Gasteiger partial charge in [-0.2, -0.15) is 0 Å². The summed E-state index contributed by atoms with van der Waals surface area (Å²) in [6, 6.07) is 17.6. The van der Waals surface area contributed by atoms with Crippen LogP contribution in [0.2, 0.25) is 0 Å². The summed E-state index contributed by atoms with van der Waals surface area (Å²) in [6.07, 6.45) is 0.820. The molecule has 0 spiro atoms. The first-order valence-corrected chi connectivity index (χ1v) is 7.23. The predicted octanol–water partition coefficient (Wildman–Crippen LogP) is 3.45. The Hall–Kier alpha value is -2.29. The zero-order chi connectivity index (χ0) is 15.1. The van der Waals surface area contributed by atoms with Crippen LogP contribution in [0.25, 0.3) is 0 Å². The van der Waals surface area contributed by atoms with Crippen molar-refractivity contribution >= 4 is 5.91 Å². The highest BCUT2D eigenvalue weighted by Gasteiger charge is 2.06. The van der Waals surface area contributed by atoms with Gasteiger partial charge < -0.3 is 10.1 Å². The molecule has 0 fully saturated rings. The predicted molar refractivity (Wildman–Crippen MR) is 84.7 cm³/mol. The van der Waals surface area contributed by atoms with Crippen LogP contribution in [-0.4, -0.2) is 18.6 Å². The summed E-state index contributed by atoms with van der Waals surface area (Å²) in [4.78, 5) is 11.8. The van der Waals surface area contributed by atoms with Crippen LogP contribution >= 0.6 is 0 Å². The average molecular weight is 283 g/mol. The van der Waals surface area contributed by atoms with Gasteiger partial charge in [-0.1, -0.05) is 30.3 Å². The monoisotopic (exact) mass is 283 g/mol. The topological polar surface area (TPSA) is 38.3 Å². The quantitative estimate of drug-likeness (QED) is 0.882. The van der Waals surface area contributed by atoms with Gasteiger partial charge in [0.1, 0.15) is 5.75 Å². The van der Waals surface area contributed by atoms with E-state index in [1.54, 1.807) is 0 Å². The summed E-state index contributed by atoms with van der Waals surface area (Å²) in [5.74, 6) is 0.850. The van der Waals surface area contributed by atoms with E-state index >= 15 is 0 Å². The molecule has 0 saturated heterocycles. The largest absolute Gasteiger partial charge is 0.493 e. The second-order valence-electron chi connectivity index (χ2n) is 5.24. The Morgan fingerprint density at radius 2 is 1.71 bits per heavy atom. The van der Waals surface area contributed by atoms with E-state index in [-0.39, 0.29) is 11.9 Å². The number of amides is 1. The van der Waals surface area contributed by atoms with Gasteiger partial charge in [-0.05, 0) is 43.7 Å². The van der Waals surface area contributed by atoms with Crippen molar-refractivity contribution in [2.24, 2.45) is 0 Å². The Kier molecular flexibility index (Phi) is 5.38. The average Bonchev–Trinajstić information content (AvgIpc) is 2.48. The molecule has 1 amide bonds. The van der Waals surface area contributed by atoms with Crippen molar-refractivity contribution in [2.45, 2.75) is 26.3 Å². The fourth-order valence-corrected chi connectivity index (χ4v) is 1.97. The number of hydrogen-bond donors (Lipinski definition) is 1. The molecule has 2 aromatic carbocycles. The number of carbonyl (C=O) groups is 1. The molecular formula is C18H21NO2. The summed E-state index contributed by atoms with van der Waals surface area (Å²) < 4.78 is 5.66. The van der Waals surface area contributed by atoms with E-state index in [0.29, 0.717) is 12.2 Å². The number of hydrogen-bond acceptors (Lipinski definition) is 2. The molecule has 0 atom stereocenters. The third-order valence-electron chi connectivity index (χ3n) is 3.04.